The first-order chi connectivity index (χ1) is 15.4. The highest BCUT2D eigenvalue weighted by Crippen LogP contribution is 2.34. The molecular weight excluding hydrogens is 432 g/mol. The Kier molecular flexibility index (Phi) is 7.50. The summed E-state index contributed by atoms with van der Waals surface area (Å²) >= 11 is 6.47. The van der Waals surface area contributed by atoms with E-state index in [0.717, 1.165) is 0 Å². The molecule has 0 unspecified atom stereocenters. The van der Waals surface area contributed by atoms with Gasteiger partial charge in [-0.15, -0.1) is 0 Å². The number of carbonyl (C=O) groups excluding carboxylic acids is 2. The van der Waals surface area contributed by atoms with E-state index in [1.165, 1.54) is 9.47 Å². The molecule has 0 aliphatic heterocycles. The number of benzene rings is 2. The minimum Gasteiger partial charge on any atom is -0.490 e. The van der Waals surface area contributed by atoms with Crippen LogP contribution in [0, 0.1) is 0 Å². The number of rotatable bonds is 8. The smallest absolute Gasteiger partial charge is 0.267 e. The summed E-state index contributed by atoms with van der Waals surface area (Å²) in [6.45, 7) is 2.20. The number of nitrogens with one attached hydrogen (secondary N) is 1. The Hall–Kier alpha value is -3.36. The lowest BCUT2D eigenvalue weighted by molar-refractivity contribution is -0.119. The van der Waals surface area contributed by atoms with Crippen LogP contribution in [0.1, 0.15) is 17.3 Å². The molecule has 8 nitrogen and oxygen atoms in total. The van der Waals surface area contributed by atoms with Crippen molar-refractivity contribution in [3.63, 3.8) is 0 Å². The molecule has 0 spiro atoms. The number of anilines is 1. The standard InChI is InChI=1S/C23H25ClN4O4/c1-3-28(15-8-5-4-6-9-15)23(31)20-21(32-13-12-26-18(29)14-25)19-16(24)10-7-11-17(19)27(2)22(20)30/h4-11H,3,12-14,25H2,1-2H3,(H,26,29). The maximum absolute atomic E-state index is 13.6. The van der Waals surface area contributed by atoms with Crippen LogP contribution in [0.25, 0.3) is 10.9 Å². The number of halogens is 1. The third-order valence-corrected chi connectivity index (χ3v) is 5.34. The van der Waals surface area contributed by atoms with E-state index in [0.29, 0.717) is 28.2 Å². The minimum atomic E-state index is -0.500. The van der Waals surface area contributed by atoms with E-state index in [1.807, 2.05) is 25.1 Å². The van der Waals surface area contributed by atoms with Gasteiger partial charge in [-0.05, 0) is 31.2 Å². The van der Waals surface area contributed by atoms with Gasteiger partial charge in [-0.3, -0.25) is 14.4 Å². The maximum atomic E-state index is 13.6. The average Bonchev–Trinajstić information content (AvgIpc) is 2.80. The van der Waals surface area contributed by atoms with Gasteiger partial charge in [0, 0.05) is 19.3 Å². The molecule has 2 aromatic carbocycles. The summed E-state index contributed by atoms with van der Waals surface area (Å²) in [5.74, 6) is -0.741. The molecule has 0 fully saturated rings. The minimum absolute atomic E-state index is 0.0248. The molecule has 0 saturated carbocycles. The van der Waals surface area contributed by atoms with Gasteiger partial charge in [-0.1, -0.05) is 35.9 Å². The molecule has 168 valence electrons. The number of hydrogen-bond acceptors (Lipinski definition) is 5. The fourth-order valence-electron chi connectivity index (χ4n) is 3.45. The van der Waals surface area contributed by atoms with Crippen LogP contribution in [0.15, 0.2) is 53.3 Å². The number of aromatic nitrogens is 1. The van der Waals surface area contributed by atoms with Crippen molar-refractivity contribution in [3.05, 3.63) is 69.5 Å². The van der Waals surface area contributed by atoms with Gasteiger partial charge in [-0.2, -0.15) is 0 Å². The van der Waals surface area contributed by atoms with Gasteiger partial charge in [0.2, 0.25) is 5.91 Å². The molecule has 0 radical (unpaired) electrons. The summed E-state index contributed by atoms with van der Waals surface area (Å²) in [6.07, 6.45) is 0. The highest BCUT2D eigenvalue weighted by molar-refractivity contribution is 6.36. The first-order valence-electron chi connectivity index (χ1n) is 10.2. The van der Waals surface area contributed by atoms with Crippen molar-refractivity contribution in [2.75, 3.05) is 31.1 Å². The third-order valence-electron chi connectivity index (χ3n) is 5.02. The quantitative estimate of drug-likeness (QED) is 0.506. The van der Waals surface area contributed by atoms with E-state index >= 15 is 0 Å². The number of fused-ring (bicyclic) bond motifs is 1. The molecule has 2 amide bonds. The van der Waals surface area contributed by atoms with Gasteiger partial charge in [0.1, 0.15) is 17.9 Å². The summed E-state index contributed by atoms with van der Waals surface area (Å²) in [5, 5.41) is 3.40. The van der Waals surface area contributed by atoms with Crippen molar-refractivity contribution in [3.8, 4) is 5.75 Å². The first-order valence-corrected chi connectivity index (χ1v) is 10.6. The van der Waals surface area contributed by atoms with Crippen LogP contribution in [0.2, 0.25) is 5.02 Å². The lowest BCUT2D eigenvalue weighted by Crippen LogP contribution is -2.37. The molecule has 3 N–H and O–H groups in total. The number of amides is 2. The van der Waals surface area contributed by atoms with E-state index in [4.69, 9.17) is 22.1 Å². The number of nitrogens with two attached hydrogens (primary N) is 1. The van der Waals surface area contributed by atoms with Crippen LogP contribution in [0.5, 0.6) is 5.75 Å². The highest BCUT2D eigenvalue weighted by Gasteiger charge is 2.28. The van der Waals surface area contributed by atoms with E-state index in [9.17, 15) is 14.4 Å². The second kappa shape index (κ2) is 10.3. The van der Waals surface area contributed by atoms with Gasteiger partial charge in [0.25, 0.3) is 11.5 Å². The Morgan fingerprint density at radius 2 is 1.88 bits per heavy atom. The van der Waals surface area contributed by atoms with Gasteiger partial charge in [0.15, 0.2) is 0 Å². The topological polar surface area (TPSA) is 107 Å². The average molecular weight is 457 g/mol. The van der Waals surface area contributed by atoms with Crippen LogP contribution in [0.3, 0.4) is 0 Å². The number of nitrogens with zero attached hydrogens (tertiary/aromatic N) is 2. The van der Waals surface area contributed by atoms with E-state index in [2.05, 4.69) is 5.32 Å². The van der Waals surface area contributed by atoms with Crippen molar-refractivity contribution in [2.24, 2.45) is 12.8 Å². The largest absolute Gasteiger partial charge is 0.490 e. The Bertz CT molecular complexity index is 1190. The zero-order chi connectivity index (χ0) is 23.3. The van der Waals surface area contributed by atoms with Crippen molar-refractivity contribution in [2.45, 2.75) is 6.92 Å². The normalized spacial score (nSPS) is 10.8. The van der Waals surface area contributed by atoms with Crippen LogP contribution >= 0.6 is 11.6 Å². The number of aryl methyl sites for hydroxylation is 1. The van der Waals surface area contributed by atoms with Crippen molar-refractivity contribution in [1.29, 1.82) is 0 Å². The molecule has 3 aromatic rings. The molecular formula is C23H25ClN4O4. The number of pyridine rings is 1. The summed E-state index contributed by atoms with van der Waals surface area (Å²) in [5.41, 5.74) is 5.86. The number of para-hydroxylation sites is 1. The molecule has 32 heavy (non-hydrogen) atoms. The molecule has 0 bridgehead atoms. The number of carbonyl (C=O) groups is 2. The monoisotopic (exact) mass is 456 g/mol. The fourth-order valence-corrected chi connectivity index (χ4v) is 3.71. The Labute approximate surface area is 190 Å². The Balaban J connectivity index is 2.14. The molecule has 0 aliphatic carbocycles. The van der Waals surface area contributed by atoms with Crippen LogP contribution in [0.4, 0.5) is 5.69 Å². The third kappa shape index (κ3) is 4.61. The lowest BCUT2D eigenvalue weighted by atomic mass is 10.1. The highest BCUT2D eigenvalue weighted by atomic mass is 35.5. The molecule has 3 rings (SSSR count). The second-order valence-electron chi connectivity index (χ2n) is 6.99. The van der Waals surface area contributed by atoms with Gasteiger partial charge in [0.05, 0.1) is 29.0 Å². The zero-order valence-electron chi connectivity index (χ0n) is 17.9. The number of ether oxygens (including phenoxy) is 1. The molecule has 1 heterocycles. The van der Waals surface area contributed by atoms with Crippen molar-refractivity contribution < 1.29 is 14.3 Å². The summed E-state index contributed by atoms with van der Waals surface area (Å²) in [6, 6.07) is 14.2. The van der Waals surface area contributed by atoms with Gasteiger partial charge >= 0.3 is 0 Å². The van der Waals surface area contributed by atoms with E-state index in [1.54, 1.807) is 37.4 Å². The molecule has 9 heteroatoms. The fraction of sp³-hybridized carbons (Fsp3) is 0.261. The predicted molar refractivity (Wildman–Crippen MR) is 126 cm³/mol. The molecule has 0 saturated heterocycles. The second-order valence-corrected chi connectivity index (χ2v) is 7.40. The first kappa shape index (κ1) is 23.3. The molecule has 0 aliphatic rings. The SMILES string of the molecule is CCN(C(=O)c1c(OCCNC(=O)CN)c2c(Cl)cccc2n(C)c1=O)c1ccccc1. The van der Waals surface area contributed by atoms with Crippen molar-refractivity contribution >= 4 is 40.0 Å². The van der Waals surface area contributed by atoms with E-state index < -0.39 is 11.5 Å². The maximum Gasteiger partial charge on any atom is 0.267 e. The van der Waals surface area contributed by atoms with Crippen LogP contribution < -0.4 is 26.2 Å². The predicted octanol–water partition coefficient (Wildman–Crippen LogP) is 2.31. The summed E-state index contributed by atoms with van der Waals surface area (Å²) in [4.78, 5) is 39.8. The summed E-state index contributed by atoms with van der Waals surface area (Å²) < 4.78 is 7.30. The summed E-state index contributed by atoms with van der Waals surface area (Å²) in [7, 11) is 1.59. The van der Waals surface area contributed by atoms with E-state index in [-0.39, 0.29) is 36.9 Å². The lowest BCUT2D eigenvalue weighted by Gasteiger charge is -2.23. The Morgan fingerprint density at radius 3 is 2.53 bits per heavy atom. The van der Waals surface area contributed by atoms with Crippen molar-refractivity contribution in [1.82, 2.24) is 9.88 Å². The molecule has 0 atom stereocenters. The van der Waals surface area contributed by atoms with Crippen LogP contribution in [-0.4, -0.2) is 42.6 Å². The van der Waals surface area contributed by atoms with Gasteiger partial charge in [-0.25, -0.2) is 0 Å². The van der Waals surface area contributed by atoms with Gasteiger partial charge < -0.3 is 25.3 Å². The van der Waals surface area contributed by atoms with Crippen LogP contribution in [-0.2, 0) is 11.8 Å². The molecule has 1 aromatic heterocycles. The zero-order valence-corrected chi connectivity index (χ0v) is 18.7. The number of hydrogen-bond donors (Lipinski definition) is 2. The Morgan fingerprint density at radius 1 is 1.16 bits per heavy atom.